The molecule has 0 radical (unpaired) electrons. The van der Waals surface area contributed by atoms with Gasteiger partial charge < -0.3 is 10.0 Å². The standard InChI is InChI=1S/C13H19N3O3/c1-3-11-10(8-15(2)14-11)13(19)16-5-4-9(7-16)6-12(17)18/h8-9H,3-7H2,1-2H3,(H,17,18). The van der Waals surface area contributed by atoms with Crippen LogP contribution in [-0.2, 0) is 18.3 Å². The summed E-state index contributed by atoms with van der Waals surface area (Å²) in [6.45, 7) is 3.13. The minimum Gasteiger partial charge on any atom is -0.481 e. The van der Waals surface area contributed by atoms with Crippen molar-refractivity contribution in [1.82, 2.24) is 14.7 Å². The van der Waals surface area contributed by atoms with Gasteiger partial charge in [0.1, 0.15) is 0 Å². The molecule has 1 fully saturated rings. The Morgan fingerprint density at radius 2 is 2.26 bits per heavy atom. The van der Waals surface area contributed by atoms with Crippen LogP contribution in [-0.4, -0.2) is 44.8 Å². The van der Waals surface area contributed by atoms with Gasteiger partial charge in [-0.05, 0) is 18.8 Å². The van der Waals surface area contributed by atoms with Gasteiger partial charge in [0.25, 0.3) is 5.91 Å². The minimum absolute atomic E-state index is 0.0298. The van der Waals surface area contributed by atoms with E-state index < -0.39 is 5.97 Å². The molecular formula is C13H19N3O3. The molecule has 6 nitrogen and oxygen atoms in total. The van der Waals surface area contributed by atoms with Gasteiger partial charge in [0.15, 0.2) is 0 Å². The molecule has 2 rings (SSSR count). The third kappa shape index (κ3) is 2.94. The van der Waals surface area contributed by atoms with Crippen molar-refractivity contribution in [2.45, 2.75) is 26.2 Å². The van der Waals surface area contributed by atoms with Crippen LogP contribution in [0.15, 0.2) is 6.20 Å². The summed E-state index contributed by atoms with van der Waals surface area (Å²) in [4.78, 5) is 24.8. The molecule has 0 saturated carbocycles. The van der Waals surface area contributed by atoms with E-state index in [-0.39, 0.29) is 18.2 Å². The monoisotopic (exact) mass is 265 g/mol. The number of aliphatic carboxylic acids is 1. The molecule has 1 aliphatic rings. The number of aromatic nitrogens is 2. The Morgan fingerprint density at radius 3 is 2.89 bits per heavy atom. The van der Waals surface area contributed by atoms with Gasteiger partial charge in [-0.15, -0.1) is 0 Å². The molecule has 0 aliphatic carbocycles. The number of hydrogen-bond donors (Lipinski definition) is 1. The van der Waals surface area contributed by atoms with Crippen LogP contribution in [0.1, 0.15) is 35.8 Å². The second-order valence-corrected chi connectivity index (χ2v) is 5.02. The summed E-state index contributed by atoms with van der Waals surface area (Å²) >= 11 is 0. The number of hydrogen-bond acceptors (Lipinski definition) is 3. The van der Waals surface area contributed by atoms with Crippen molar-refractivity contribution in [1.29, 1.82) is 0 Å². The van der Waals surface area contributed by atoms with Crippen LogP contribution in [0.3, 0.4) is 0 Å². The highest BCUT2D eigenvalue weighted by Crippen LogP contribution is 2.22. The van der Waals surface area contributed by atoms with E-state index in [0.717, 1.165) is 12.1 Å². The molecule has 19 heavy (non-hydrogen) atoms. The summed E-state index contributed by atoms with van der Waals surface area (Å²) in [7, 11) is 1.80. The summed E-state index contributed by atoms with van der Waals surface area (Å²) in [5, 5.41) is 13.0. The summed E-state index contributed by atoms with van der Waals surface area (Å²) in [6.07, 6.45) is 3.36. The van der Waals surface area contributed by atoms with Crippen molar-refractivity contribution in [2.24, 2.45) is 13.0 Å². The van der Waals surface area contributed by atoms with Gasteiger partial charge in [-0.3, -0.25) is 14.3 Å². The molecule has 1 amide bonds. The lowest BCUT2D eigenvalue weighted by molar-refractivity contribution is -0.138. The van der Waals surface area contributed by atoms with Gasteiger partial charge in [-0.1, -0.05) is 6.92 Å². The van der Waals surface area contributed by atoms with Crippen molar-refractivity contribution >= 4 is 11.9 Å². The van der Waals surface area contributed by atoms with Crippen LogP contribution in [0.25, 0.3) is 0 Å². The Hall–Kier alpha value is -1.85. The third-order valence-corrected chi connectivity index (χ3v) is 3.51. The molecule has 0 bridgehead atoms. The maximum absolute atomic E-state index is 12.4. The predicted molar refractivity (Wildman–Crippen MR) is 68.8 cm³/mol. The topological polar surface area (TPSA) is 75.4 Å². The molecule has 6 heteroatoms. The van der Waals surface area contributed by atoms with E-state index in [1.807, 2.05) is 6.92 Å². The highest BCUT2D eigenvalue weighted by Gasteiger charge is 2.29. The van der Waals surface area contributed by atoms with Gasteiger partial charge >= 0.3 is 5.97 Å². The van der Waals surface area contributed by atoms with E-state index in [0.29, 0.717) is 25.1 Å². The smallest absolute Gasteiger partial charge is 0.303 e. The zero-order valence-corrected chi connectivity index (χ0v) is 11.3. The maximum Gasteiger partial charge on any atom is 0.303 e. The Labute approximate surface area is 112 Å². The predicted octanol–water partition coefficient (Wildman–Crippen LogP) is 0.919. The van der Waals surface area contributed by atoms with E-state index in [1.165, 1.54) is 0 Å². The second kappa shape index (κ2) is 5.42. The number of rotatable bonds is 4. The number of carbonyl (C=O) groups is 2. The van der Waals surface area contributed by atoms with Gasteiger partial charge in [0, 0.05) is 32.8 Å². The van der Waals surface area contributed by atoms with Crippen LogP contribution in [0.2, 0.25) is 0 Å². The lowest BCUT2D eigenvalue weighted by atomic mass is 10.1. The quantitative estimate of drug-likeness (QED) is 0.878. The van der Waals surface area contributed by atoms with Crippen LogP contribution in [0, 0.1) is 5.92 Å². The van der Waals surface area contributed by atoms with Crippen molar-refractivity contribution in [3.63, 3.8) is 0 Å². The first kappa shape index (κ1) is 13.6. The van der Waals surface area contributed by atoms with Gasteiger partial charge in [0.05, 0.1) is 11.3 Å². The van der Waals surface area contributed by atoms with E-state index in [9.17, 15) is 9.59 Å². The first-order valence-corrected chi connectivity index (χ1v) is 6.54. The van der Waals surface area contributed by atoms with Crippen molar-refractivity contribution in [3.8, 4) is 0 Å². The molecule has 1 saturated heterocycles. The van der Waals surface area contributed by atoms with Gasteiger partial charge in [-0.25, -0.2) is 0 Å². The highest BCUT2D eigenvalue weighted by molar-refractivity contribution is 5.95. The van der Waals surface area contributed by atoms with Crippen molar-refractivity contribution in [3.05, 3.63) is 17.5 Å². The molecule has 1 aliphatic heterocycles. The Balaban J connectivity index is 2.06. The molecule has 0 spiro atoms. The molecule has 2 heterocycles. The first-order valence-electron chi connectivity index (χ1n) is 6.54. The fourth-order valence-electron chi connectivity index (χ4n) is 2.58. The molecule has 104 valence electrons. The maximum atomic E-state index is 12.4. The molecular weight excluding hydrogens is 246 g/mol. The summed E-state index contributed by atoms with van der Waals surface area (Å²) in [5.41, 5.74) is 1.44. The molecule has 1 aromatic rings. The van der Waals surface area contributed by atoms with E-state index in [1.54, 1.807) is 22.8 Å². The molecule has 1 atom stereocenters. The van der Waals surface area contributed by atoms with Crippen LogP contribution < -0.4 is 0 Å². The number of amides is 1. The normalized spacial score (nSPS) is 18.8. The molecule has 1 aromatic heterocycles. The Bertz CT molecular complexity index is 495. The average Bonchev–Trinajstić information content (AvgIpc) is 2.94. The Morgan fingerprint density at radius 1 is 1.53 bits per heavy atom. The van der Waals surface area contributed by atoms with E-state index in [4.69, 9.17) is 5.11 Å². The van der Waals surface area contributed by atoms with Gasteiger partial charge in [-0.2, -0.15) is 5.10 Å². The number of nitrogens with zero attached hydrogens (tertiary/aromatic N) is 3. The zero-order chi connectivity index (χ0) is 14.0. The number of aryl methyl sites for hydroxylation is 2. The lowest BCUT2D eigenvalue weighted by Crippen LogP contribution is -2.29. The largest absolute Gasteiger partial charge is 0.481 e. The molecule has 1 unspecified atom stereocenters. The van der Waals surface area contributed by atoms with Gasteiger partial charge in [0.2, 0.25) is 0 Å². The summed E-state index contributed by atoms with van der Waals surface area (Å²) in [5.74, 6) is -0.754. The number of carbonyl (C=O) groups excluding carboxylic acids is 1. The summed E-state index contributed by atoms with van der Waals surface area (Å²) in [6, 6.07) is 0. The zero-order valence-electron chi connectivity index (χ0n) is 11.3. The fourth-order valence-corrected chi connectivity index (χ4v) is 2.58. The molecule has 1 N–H and O–H groups in total. The van der Waals surface area contributed by atoms with Crippen molar-refractivity contribution < 1.29 is 14.7 Å². The van der Waals surface area contributed by atoms with Crippen LogP contribution >= 0.6 is 0 Å². The highest BCUT2D eigenvalue weighted by atomic mass is 16.4. The SMILES string of the molecule is CCc1nn(C)cc1C(=O)N1CCC(CC(=O)O)C1. The minimum atomic E-state index is -0.796. The number of carboxylic acid groups (broad SMARTS) is 1. The first-order chi connectivity index (χ1) is 9.01. The van der Waals surface area contributed by atoms with E-state index >= 15 is 0 Å². The van der Waals surface area contributed by atoms with E-state index in [2.05, 4.69) is 5.10 Å². The molecule has 0 aromatic carbocycles. The fraction of sp³-hybridized carbons (Fsp3) is 0.615. The third-order valence-electron chi connectivity index (χ3n) is 3.51. The number of carboxylic acids is 1. The Kier molecular flexibility index (Phi) is 3.87. The van der Waals surface area contributed by atoms with Crippen LogP contribution in [0.4, 0.5) is 0 Å². The summed E-state index contributed by atoms with van der Waals surface area (Å²) < 4.78 is 1.65. The van der Waals surface area contributed by atoms with Crippen molar-refractivity contribution in [2.75, 3.05) is 13.1 Å². The lowest BCUT2D eigenvalue weighted by Gasteiger charge is -2.15. The average molecular weight is 265 g/mol. The number of likely N-dealkylation sites (tertiary alicyclic amines) is 1. The second-order valence-electron chi connectivity index (χ2n) is 5.02. The van der Waals surface area contributed by atoms with Crippen LogP contribution in [0.5, 0.6) is 0 Å².